The van der Waals surface area contributed by atoms with Crippen LogP contribution in [-0.2, 0) is 9.59 Å². The molecule has 1 N–H and O–H groups in total. The summed E-state index contributed by atoms with van der Waals surface area (Å²) in [7, 11) is 2.03. The Labute approximate surface area is 192 Å². The molecule has 8 atom stereocenters. The number of carbonyl (C=O) groups excluding carboxylic acids is 2. The first-order chi connectivity index (χ1) is 15.3. The largest absolute Gasteiger partial charge is 0.342 e. The van der Waals surface area contributed by atoms with E-state index in [4.69, 9.17) is 0 Å². The topological polar surface area (TPSA) is 62.3 Å². The summed E-state index contributed by atoms with van der Waals surface area (Å²) in [5, 5.41) is 3.05. The molecule has 2 unspecified atom stereocenters. The van der Waals surface area contributed by atoms with Gasteiger partial charge >= 0.3 is 0 Å². The highest BCUT2D eigenvalue weighted by atomic mass is 16.2. The van der Waals surface area contributed by atoms with Crippen molar-refractivity contribution in [3.63, 3.8) is 0 Å². The summed E-state index contributed by atoms with van der Waals surface area (Å²) in [5.41, 5.74) is 0.495. The van der Waals surface area contributed by atoms with Crippen molar-refractivity contribution in [2.24, 2.45) is 40.4 Å². The molecule has 5 rings (SSSR count). The standard InChI is InChI=1S/C27H39N3O2/c1-17(25(32)29-23-7-5-6-16-28-23)19-9-10-20-18-8-11-22-27(3,15-13-24(31)30(22)4)21(18)12-14-26(19,20)2/h5-7,16-22H,8-15H2,1-4H3,(H,28,29,32)/t17?,18-,19+,20-,21-,22?,26+,27+/m0/s1. The first-order valence-corrected chi connectivity index (χ1v) is 12.7. The van der Waals surface area contributed by atoms with E-state index in [1.165, 1.54) is 25.7 Å². The molecular formula is C27H39N3O2. The van der Waals surface area contributed by atoms with E-state index >= 15 is 0 Å². The van der Waals surface area contributed by atoms with Crippen molar-refractivity contribution in [2.45, 2.75) is 78.2 Å². The predicted molar refractivity (Wildman–Crippen MR) is 126 cm³/mol. The number of nitrogens with one attached hydrogen (secondary N) is 1. The van der Waals surface area contributed by atoms with E-state index < -0.39 is 0 Å². The Hall–Kier alpha value is -1.91. The van der Waals surface area contributed by atoms with Crippen LogP contribution < -0.4 is 5.32 Å². The third-order valence-electron chi connectivity index (χ3n) is 10.6. The van der Waals surface area contributed by atoms with Gasteiger partial charge in [-0.2, -0.15) is 0 Å². The van der Waals surface area contributed by atoms with Gasteiger partial charge in [0.25, 0.3) is 0 Å². The fourth-order valence-electron chi connectivity index (χ4n) is 8.87. The molecule has 1 aromatic heterocycles. The van der Waals surface area contributed by atoms with Crippen molar-refractivity contribution in [1.82, 2.24) is 9.88 Å². The first-order valence-electron chi connectivity index (χ1n) is 12.7. The van der Waals surface area contributed by atoms with Crippen molar-refractivity contribution in [2.75, 3.05) is 12.4 Å². The van der Waals surface area contributed by atoms with E-state index in [0.717, 1.165) is 25.2 Å². The van der Waals surface area contributed by atoms with Gasteiger partial charge in [0, 0.05) is 31.6 Å². The van der Waals surface area contributed by atoms with Crippen LogP contribution in [0, 0.1) is 40.4 Å². The molecule has 0 spiro atoms. The number of hydrogen-bond acceptors (Lipinski definition) is 3. The zero-order valence-corrected chi connectivity index (χ0v) is 20.1. The fraction of sp³-hybridized carbons (Fsp3) is 0.741. The van der Waals surface area contributed by atoms with Crippen LogP contribution in [-0.4, -0.2) is 34.8 Å². The number of fused-ring (bicyclic) bond motifs is 5. The van der Waals surface area contributed by atoms with Crippen LogP contribution in [0.2, 0.25) is 0 Å². The average molecular weight is 438 g/mol. The molecule has 1 aromatic rings. The molecular weight excluding hydrogens is 398 g/mol. The summed E-state index contributed by atoms with van der Waals surface area (Å²) in [4.78, 5) is 31.9. The minimum absolute atomic E-state index is 0.00563. The molecule has 4 aliphatic rings. The molecule has 3 saturated carbocycles. The van der Waals surface area contributed by atoms with Gasteiger partial charge in [-0.3, -0.25) is 9.59 Å². The van der Waals surface area contributed by atoms with Crippen molar-refractivity contribution < 1.29 is 9.59 Å². The molecule has 2 heterocycles. The molecule has 1 saturated heterocycles. The number of anilines is 1. The number of piperidine rings is 1. The molecule has 2 amide bonds. The molecule has 0 aromatic carbocycles. The van der Waals surface area contributed by atoms with Gasteiger partial charge in [-0.1, -0.05) is 26.8 Å². The van der Waals surface area contributed by atoms with E-state index in [1.807, 2.05) is 25.2 Å². The summed E-state index contributed by atoms with van der Waals surface area (Å²) in [5.74, 6) is 3.68. The van der Waals surface area contributed by atoms with Crippen molar-refractivity contribution in [1.29, 1.82) is 0 Å². The number of amides is 2. The van der Waals surface area contributed by atoms with Gasteiger partial charge in [0.2, 0.25) is 11.8 Å². The quantitative estimate of drug-likeness (QED) is 0.712. The Bertz CT molecular complexity index is 888. The normalized spacial score (nSPS) is 41.9. The maximum atomic E-state index is 13.1. The zero-order valence-electron chi connectivity index (χ0n) is 20.1. The maximum Gasteiger partial charge on any atom is 0.228 e. The number of likely N-dealkylation sites (tertiary alicyclic amines) is 1. The third kappa shape index (κ3) is 3.21. The van der Waals surface area contributed by atoms with Crippen molar-refractivity contribution in [3.05, 3.63) is 24.4 Å². The second-order valence-corrected chi connectivity index (χ2v) is 11.7. The third-order valence-corrected chi connectivity index (χ3v) is 10.6. The lowest BCUT2D eigenvalue weighted by atomic mass is 9.46. The minimum Gasteiger partial charge on any atom is -0.342 e. The van der Waals surface area contributed by atoms with Crippen LogP contribution in [0.4, 0.5) is 5.82 Å². The minimum atomic E-state index is -0.00563. The van der Waals surface area contributed by atoms with E-state index in [0.29, 0.717) is 41.9 Å². The van der Waals surface area contributed by atoms with Crippen LogP contribution in [0.15, 0.2) is 24.4 Å². The molecule has 0 bridgehead atoms. The van der Waals surface area contributed by atoms with Crippen LogP contribution in [0.25, 0.3) is 0 Å². The number of rotatable bonds is 3. The van der Waals surface area contributed by atoms with Gasteiger partial charge < -0.3 is 10.2 Å². The molecule has 1 aliphatic heterocycles. The highest BCUT2D eigenvalue weighted by Gasteiger charge is 2.61. The SMILES string of the molecule is CC(C(=O)Nc1ccccn1)[C@H]1CC[C@H]2[C@@H]3CCC4N(C)C(=O)CC[C@]4(C)[C@H]3CC[C@]12C. The lowest BCUT2D eigenvalue weighted by Gasteiger charge is -2.62. The van der Waals surface area contributed by atoms with E-state index in [-0.39, 0.29) is 22.7 Å². The fourth-order valence-corrected chi connectivity index (χ4v) is 8.87. The van der Waals surface area contributed by atoms with Gasteiger partial charge in [-0.05, 0) is 91.6 Å². The van der Waals surface area contributed by atoms with Crippen LogP contribution in [0.1, 0.15) is 72.1 Å². The number of pyridine rings is 1. The maximum absolute atomic E-state index is 13.1. The Kier molecular flexibility index (Phi) is 5.37. The molecule has 5 heteroatoms. The second-order valence-electron chi connectivity index (χ2n) is 11.7. The molecule has 0 radical (unpaired) electrons. The lowest BCUT2D eigenvalue weighted by Crippen LogP contribution is -2.61. The predicted octanol–water partition coefficient (Wildman–Crippen LogP) is 5.14. The average Bonchev–Trinajstić information content (AvgIpc) is 3.14. The van der Waals surface area contributed by atoms with Gasteiger partial charge in [-0.25, -0.2) is 4.98 Å². The van der Waals surface area contributed by atoms with Crippen molar-refractivity contribution in [3.8, 4) is 0 Å². The lowest BCUT2D eigenvalue weighted by molar-refractivity contribution is -0.159. The van der Waals surface area contributed by atoms with Gasteiger partial charge in [0.05, 0.1) is 0 Å². The highest BCUT2D eigenvalue weighted by molar-refractivity contribution is 5.91. The van der Waals surface area contributed by atoms with E-state index in [2.05, 4.69) is 36.0 Å². The monoisotopic (exact) mass is 437 g/mol. The van der Waals surface area contributed by atoms with Crippen LogP contribution in [0.5, 0.6) is 0 Å². The smallest absolute Gasteiger partial charge is 0.228 e. The second kappa shape index (κ2) is 7.85. The summed E-state index contributed by atoms with van der Waals surface area (Å²) < 4.78 is 0. The van der Waals surface area contributed by atoms with E-state index in [1.54, 1.807) is 6.20 Å². The number of hydrogen-bond donors (Lipinski definition) is 1. The number of nitrogens with zero attached hydrogens (tertiary/aromatic N) is 2. The Balaban J connectivity index is 1.34. The summed E-state index contributed by atoms with van der Waals surface area (Å²) in [6.45, 7) is 7.10. The molecule has 4 fully saturated rings. The summed E-state index contributed by atoms with van der Waals surface area (Å²) in [6, 6.07) is 6.05. The van der Waals surface area contributed by atoms with Gasteiger partial charge in [-0.15, -0.1) is 0 Å². The number of aromatic nitrogens is 1. The summed E-state index contributed by atoms with van der Waals surface area (Å²) in [6.07, 6.45) is 10.7. The number of carbonyl (C=O) groups is 2. The Morgan fingerprint density at radius 2 is 1.88 bits per heavy atom. The Morgan fingerprint density at radius 1 is 1.09 bits per heavy atom. The van der Waals surface area contributed by atoms with Gasteiger partial charge in [0.15, 0.2) is 0 Å². The zero-order chi connectivity index (χ0) is 22.7. The molecule has 5 nitrogen and oxygen atoms in total. The van der Waals surface area contributed by atoms with Gasteiger partial charge in [0.1, 0.15) is 5.82 Å². The van der Waals surface area contributed by atoms with Crippen LogP contribution >= 0.6 is 0 Å². The van der Waals surface area contributed by atoms with E-state index in [9.17, 15) is 9.59 Å². The highest BCUT2D eigenvalue weighted by Crippen LogP contribution is 2.67. The molecule has 3 aliphatic carbocycles. The first kappa shape index (κ1) is 21.9. The molecule has 32 heavy (non-hydrogen) atoms. The van der Waals surface area contributed by atoms with Crippen LogP contribution in [0.3, 0.4) is 0 Å². The van der Waals surface area contributed by atoms with Crippen molar-refractivity contribution >= 4 is 17.6 Å². The Morgan fingerprint density at radius 3 is 2.62 bits per heavy atom. The molecule has 174 valence electrons. The summed E-state index contributed by atoms with van der Waals surface area (Å²) >= 11 is 0.